The number of hydrogen-bond donors (Lipinski definition) is 2. The van der Waals surface area contributed by atoms with Crippen molar-refractivity contribution in [3.05, 3.63) is 35.9 Å². The van der Waals surface area contributed by atoms with Crippen LogP contribution in [0.4, 0.5) is 0 Å². The Kier molecular flexibility index (Phi) is 4.36. The predicted molar refractivity (Wildman–Crippen MR) is 54.3 cm³/mol. The molecule has 0 aromatic heterocycles. The molecule has 84 valence electrons. The lowest BCUT2D eigenvalue weighted by Gasteiger charge is -2.09. The zero-order valence-corrected chi connectivity index (χ0v) is 9.18. The van der Waals surface area contributed by atoms with Crippen LogP contribution in [0.1, 0.15) is 5.56 Å². The summed E-state index contributed by atoms with van der Waals surface area (Å²) in [5.74, 6) is -0.280. The first-order chi connectivity index (χ1) is 6.99. The molecular weight excluding hydrogens is 240 g/mol. The van der Waals surface area contributed by atoms with Gasteiger partial charge in [0.25, 0.3) is 0 Å². The average Bonchev–Trinajstić information content (AvgIpc) is 2.16. The van der Waals surface area contributed by atoms with Crippen LogP contribution >= 0.6 is 0 Å². The maximum Gasteiger partial charge on any atom is 0.229 e. The second kappa shape index (κ2) is 5.33. The molecule has 0 amide bonds. The molecule has 0 aliphatic rings. The van der Waals surface area contributed by atoms with Gasteiger partial charge in [0, 0.05) is 11.3 Å². The van der Waals surface area contributed by atoms with Crippen LogP contribution in [0.25, 0.3) is 0 Å². The molecule has 2 N–H and O–H groups in total. The van der Waals surface area contributed by atoms with Gasteiger partial charge in [-0.25, -0.2) is 8.42 Å². The summed E-state index contributed by atoms with van der Waals surface area (Å²) < 4.78 is 42.6. The molecule has 0 radical (unpaired) electrons. The highest BCUT2D eigenvalue weighted by atomic mass is 32.2. The topological polar surface area (TPSA) is 98.3 Å². The van der Waals surface area contributed by atoms with Crippen LogP contribution in [0.5, 0.6) is 0 Å². The van der Waals surface area contributed by atoms with E-state index in [1.807, 2.05) is 0 Å². The Morgan fingerprint density at radius 2 is 1.87 bits per heavy atom. The second-order valence-electron chi connectivity index (χ2n) is 2.68. The van der Waals surface area contributed by atoms with Crippen molar-refractivity contribution in [3.63, 3.8) is 0 Å². The second-order valence-corrected chi connectivity index (χ2v) is 5.08. The summed E-state index contributed by atoms with van der Waals surface area (Å²) in [6.45, 7) is 0. The van der Waals surface area contributed by atoms with Crippen molar-refractivity contribution in [3.8, 4) is 0 Å². The number of hydrazine groups is 1. The van der Waals surface area contributed by atoms with Crippen LogP contribution in [-0.4, -0.2) is 17.2 Å². The molecule has 0 heterocycles. The minimum Gasteiger partial charge on any atom is -0.759 e. The van der Waals surface area contributed by atoms with E-state index >= 15 is 0 Å². The highest BCUT2D eigenvalue weighted by molar-refractivity contribution is 7.89. The van der Waals surface area contributed by atoms with Gasteiger partial charge in [-0.05, 0) is 5.56 Å². The largest absolute Gasteiger partial charge is 0.759 e. The molecule has 1 aromatic rings. The molecular formula is C7H9N2O4S2-. The number of benzene rings is 1. The lowest BCUT2D eigenvalue weighted by atomic mass is 10.2. The molecule has 15 heavy (non-hydrogen) atoms. The van der Waals surface area contributed by atoms with Crippen molar-refractivity contribution in [2.24, 2.45) is 0 Å². The van der Waals surface area contributed by atoms with Gasteiger partial charge < -0.3 is 4.55 Å². The quantitative estimate of drug-likeness (QED) is 0.538. The van der Waals surface area contributed by atoms with E-state index in [9.17, 15) is 17.2 Å². The number of nitrogens with one attached hydrogen (secondary N) is 2. The maximum absolute atomic E-state index is 11.3. The van der Waals surface area contributed by atoms with Crippen molar-refractivity contribution >= 4 is 21.3 Å². The number of rotatable bonds is 5. The van der Waals surface area contributed by atoms with Crippen LogP contribution in [-0.2, 0) is 27.0 Å². The average molecular weight is 249 g/mol. The highest BCUT2D eigenvalue weighted by Gasteiger charge is 2.09. The van der Waals surface area contributed by atoms with E-state index in [1.165, 1.54) is 0 Å². The Labute approximate surface area is 90.1 Å². The van der Waals surface area contributed by atoms with Crippen molar-refractivity contribution in [1.29, 1.82) is 0 Å². The standard InChI is InChI=1S/C7H10N2O4S2/c10-14(11)8-9-15(12,13)6-7-4-2-1-3-5-7/h1-5,8-9H,6H2,(H,10,11)/p-1. The molecule has 0 fully saturated rings. The van der Waals surface area contributed by atoms with Gasteiger partial charge in [0.1, 0.15) is 0 Å². The summed E-state index contributed by atoms with van der Waals surface area (Å²) in [5.41, 5.74) is 0.573. The Balaban J connectivity index is 2.61. The molecule has 0 aliphatic carbocycles. The Bertz CT molecular complexity index is 432. The van der Waals surface area contributed by atoms with Gasteiger partial charge in [-0.2, -0.15) is 4.83 Å². The van der Waals surface area contributed by atoms with E-state index in [1.54, 1.807) is 40.0 Å². The van der Waals surface area contributed by atoms with Crippen molar-refractivity contribution < 1.29 is 17.2 Å². The molecule has 1 atom stereocenters. The van der Waals surface area contributed by atoms with Gasteiger partial charge >= 0.3 is 0 Å². The summed E-state index contributed by atoms with van der Waals surface area (Å²) in [5, 5.41) is 0. The smallest absolute Gasteiger partial charge is 0.229 e. The lowest BCUT2D eigenvalue weighted by molar-refractivity contribution is 0.514. The highest BCUT2D eigenvalue weighted by Crippen LogP contribution is 2.02. The molecule has 0 aliphatic heterocycles. The van der Waals surface area contributed by atoms with Crippen LogP contribution < -0.4 is 9.66 Å². The zero-order valence-electron chi connectivity index (χ0n) is 7.54. The van der Waals surface area contributed by atoms with Gasteiger partial charge in [0.05, 0.1) is 5.75 Å². The van der Waals surface area contributed by atoms with E-state index in [4.69, 9.17) is 0 Å². The number of hydrogen-bond acceptors (Lipinski definition) is 4. The first kappa shape index (κ1) is 12.3. The van der Waals surface area contributed by atoms with Crippen LogP contribution in [0.3, 0.4) is 0 Å². The monoisotopic (exact) mass is 249 g/mol. The molecule has 0 saturated carbocycles. The summed E-state index contributed by atoms with van der Waals surface area (Å²) >= 11 is -2.66. The van der Waals surface area contributed by atoms with Crippen LogP contribution in [0.15, 0.2) is 30.3 Å². The molecule has 6 nitrogen and oxygen atoms in total. The Morgan fingerprint density at radius 3 is 2.40 bits per heavy atom. The van der Waals surface area contributed by atoms with Gasteiger partial charge in [0.15, 0.2) is 0 Å². The van der Waals surface area contributed by atoms with E-state index < -0.39 is 21.3 Å². The predicted octanol–water partition coefficient (Wildman–Crippen LogP) is -0.595. The van der Waals surface area contributed by atoms with Gasteiger partial charge in [0.2, 0.25) is 10.0 Å². The fraction of sp³-hybridized carbons (Fsp3) is 0.143. The van der Waals surface area contributed by atoms with E-state index in [0.29, 0.717) is 5.56 Å². The van der Waals surface area contributed by atoms with Crippen LogP contribution in [0.2, 0.25) is 0 Å². The third-order valence-electron chi connectivity index (χ3n) is 1.48. The van der Waals surface area contributed by atoms with Crippen molar-refractivity contribution in [2.45, 2.75) is 5.75 Å². The van der Waals surface area contributed by atoms with Gasteiger partial charge in [-0.15, -0.1) is 4.83 Å². The third-order valence-corrected chi connectivity index (χ3v) is 3.00. The zero-order chi connectivity index (χ0) is 11.3. The van der Waals surface area contributed by atoms with Crippen LogP contribution in [0, 0.1) is 0 Å². The van der Waals surface area contributed by atoms with Gasteiger partial charge in [-0.1, -0.05) is 30.3 Å². The molecule has 8 heteroatoms. The first-order valence-corrected chi connectivity index (χ1v) is 6.61. The molecule has 0 saturated heterocycles. The first-order valence-electron chi connectivity index (χ1n) is 3.88. The third kappa shape index (κ3) is 5.00. The molecule has 0 spiro atoms. The fourth-order valence-corrected chi connectivity index (χ4v) is 2.41. The molecule has 1 unspecified atom stereocenters. The Hall–Kier alpha value is -0.800. The van der Waals surface area contributed by atoms with Crippen molar-refractivity contribution in [1.82, 2.24) is 9.66 Å². The lowest BCUT2D eigenvalue weighted by Crippen LogP contribution is -2.39. The van der Waals surface area contributed by atoms with Crippen molar-refractivity contribution in [2.75, 3.05) is 0 Å². The fourth-order valence-electron chi connectivity index (χ4n) is 0.927. The van der Waals surface area contributed by atoms with Gasteiger partial charge in [-0.3, -0.25) is 4.21 Å². The van der Waals surface area contributed by atoms with E-state index in [2.05, 4.69) is 0 Å². The van der Waals surface area contributed by atoms with E-state index in [0.717, 1.165) is 0 Å². The molecule has 0 bridgehead atoms. The minimum atomic E-state index is -3.68. The minimum absolute atomic E-state index is 0.280. The summed E-state index contributed by atoms with van der Waals surface area (Å²) in [6.07, 6.45) is 0. The number of sulfonamides is 1. The van der Waals surface area contributed by atoms with E-state index in [-0.39, 0.29) is 5.75 Å². The Morgan fingerprint density at radius 1 is 1.27 bits per heavy atom. The molecule has 1 rings (SSSR count). The SMILES string of the molecule is O=S([O-])NNS(=O)(=O)Cc1ccccc1. The normalized spacial score (nSPS) is 13.7. The summed E-state index contributed by atoms with van der Waals surface area (Å²) in [7, 11) is -3.68. The summed E-state index contributed by atoms with van der Waals surface area (Å²) in [6, 6.07) is 8.42. The maximum atomic E-state index is 11.3. The summed E-state index contributed by atoms with van der Waals surface area (Å²) in [4.78, 5) is 3.30. The molecule has 1 aromatic carbocycles.